The number of rotatable bonds is 4. The van der Waals surface area contributed by atoms with E-state index in [0.717, 1.165) is 30.8 Å². The topological polar surface area (TPSA) is 27.6 Å². The summed E-state index contributed by atoms with van der Waals surface area (Å²) in [6.07, 6.45) is 7.14. The first-order valence-corrected chi connectivity index (χ1v) is 8.66. The van der Waals surface area contributed by atoms with E-state index in [2.05, 4.69) is 31.0 Å². The lowest BCUT2D eigenvalue weighted by atomic mass is 9.92. The minimum Gasteiger partial charge on any atom is -0.357 e. The highest BCUT2D eigenvalue weighted by Crippen LogP contribution is 2.61. The maximum Gasteiger partial charge on any atom is 0.193 e. The Morgan fingerprint density at radius 2 is 1.81 bits per heavy atom. The molecule has 2 saturated carbocycles. The number of guanidine groups is 1. The molecule has 0 aromatic carbocycles. The summed E-state index contributed by atoms with van der Waals surface area (Å²) in [5, 5.41) is 3.53. The molecule has 0 spiro atoms. The van der Waals surface area contributed by atoms with Crippen LogP contribution in [0.3, 0.4) is 0 Å². The van der Waals surface area contributed by atoms with Crippen LogP contribution in [0.15, 0.2) is 4.99 Å². The number of likely N-dealkylation sites (tertiary alicyclic amines) is 1. The largest absolute Gasteiger partial charge is 0.357 e. The summed E-state index contributed by atoms with van der Waals surface area (Å²) < 4.78 is 0. The molecule has 1 saturated heterocycles. The highest BCUT2D eigenvalue weighted by Gasteiger charge is 2.53. The van der Waals surface area contributed by atoms with Gasteiger partial charge in [-0.3, -0.25) is 4.99 Å². The summed E-state index contributed by atoms with van der Waals surface area (Å²) in [5.74, 6) is 3.77. The molecule has 1 N–H and O–H groups in total. The molecule has 3 rings (SSSR count). The van der Waals surface area contributed by atoms with Gasteiger partial charge in [0.05, 0.1) is 0 Å². The van der Waals surface area contributed by atoms with Gasteiger partial charge in [0.2, 0.25) is 0 Å². The van der Waals surface area contributed by atoms with Crippen molar-refractivity contribution in [3.05, 3.63) is 0 Å². The van der Waals surface area contributed by atoms with Gasteiger partial charge in [-0.2, -0.15) is 0 Å². The molecule has 3 nitrogen and oxygen atoms in total. The molecule has 2 atom stereocenters. The Morgan fingerprint density at radius 1 is 1.19 bits per heavy atom. The first-order valence-electron chi connectivity index (χ1n) is 8.66. The van der Waals surface area contributed by atoms with Crippen LogP contribution in [0.4, 0.5) is 0 Å². The fourth-order valence-corrected chi connectivity index (χ4v) is 4.05. The molecule has 0 aromatic heterocycles. The predicted molar refractivity (Wildman–Crippen MR) is 100 cm³/mol. The SMILES string of the molecule is CCNC(=NCC1(C2CC2)CC1)N1CC(C)CC(C)C1.I. The molecular weight excluding hydrogens is 373 g/mol. The molecule has 4 heteroatoms. The predicted octanol–water partition coefficient (Wildman–Crippen LogP) is 3.74. The average Bonchev–Trinajstić information content (AvgIpc) is 3.26. The van der Waals surface area contributed by atoms with Crippen LogP contribution in [0.5, 0.6) is 0 Å². The molecule has 0 amide bonds. The van der Waals surface area contributed by atoms with Gasteiger partial charge >= 0.3 is 0 Å². The van der Waals surface area contributed by atoms with Crippen LogP contribution < -0.4 is 5.32 Å². The van der Waals surface area contributed by atoms with Crippen molar-refractivity contribution in [2.24, 2.45) is 28.2 Å². The Kier molecular flexibility index (Phi) is 5.83. The van der Waals surface area contributed by atoms with Crippen LogP contribution >= 0.6 is 24.0 Å². The molecule has 2 unspecified atom stereocenters. The second-order valence-corrected chi connectivity index (χ2v) is 7.66. The summed E-state index contributed by atoms with van der Waals surface area (Å²) in [6, 6.07) is 0. The minimum atomic E-state index is 0. The monoisotopic (exact) mass is 405 g/mol. The molecule has 1 heterocycles. The standard InChI is InChI=1S/C17H31N3.HI/c1-4-18-16(20-10-13(2)9-14(3)11-20)19-12-17(7-8-17)15-5-6-15;/h13-15H,4-12H2,1-3H3,(H,18,19);1H. The highest BCUT2D eigenvalue weighted by molar-refractivity contribution is 14.0. The van der Waals surface area contributed by atoms with Crippen LogP contribution in [-0.4, -0.2) is 37.0 Å². The van der Waals surface area contributed by atoms with Crippen molar-refractivity contribution in [2.75, 3.05) is 26.2 Å². The highest BCUT2D eigenvalue weighted by atomic mass is 127. The number of hydrogen-bond acceptors (Lipinski definition) is 1. The van der Waals surface area contributed by atoms with Gasteiger partial charge in [0.1, 0.15) is 0 Å². The van der Waals surface area contributed by atoms with Crippen molar-refractivity contribution in [3.8, 4) is 0 Å². The van der Waals surface area contributed by atoms with E-state index >= 15 is 0 Å². The van der Waals surface area contributed by atoms with E-state index in [-0.39, 0.29) is 24.0 Å². The van der Waals surface area contributed by atoms with E-state index in [4.69, 9.17) is 4.99 Å². The Labute approximate surface area is 147 Å². The lowest BCUT2D eigenvalue weighted by molar-refractivity contribution is 0.208. The maximum absolute atomic E-state index is 5.03. The number of aliphatic imine (C=N–C) groups is 1. The average molecular weight is 405 g/mol. The van der Waals surface area contributed by atoms with Crippen molar-refractivity contribution in [3.63, 3.8) is 0 Å². The number of halogens is 1. The van der Waals surface area contributed by atoms with Gasteiger partial charge < -0.3 is 10.2 Å². The van der Waals surface area contributed by atoms with E-state index in [1.807, 2.05) is 0 Å². The van der Waals surface area contributed by atoms with Gasteiger partial charge in [0.25, 0.3) is 0 Å². The Morgan fingerprint density at radius 3 is 2.29 bits per heavy atom. The van der Waals surface area contributed by atoms with Crippen molar-refractivity contribution in [1.29, 1.82) is 0 Å². The summed E-state index contributed by atoms with van der Waals surface area (Å²) in [6.45, 7) is 11.3. The van der Waals surface area contributed by atoms with Gasteiger partial charge in [0.15, 0.2) is 5.96 Å². The lowest BCUT2D eigenvalue weighted by Gasteiger charge is -2.37. The van der Waals surface area contributed by atoms with E-state index < -0.39 is 0 Å². The van der Waals surface area contributed by atoms with Gasteiger partial charge in [0, 0.05) is 26.2 Å². The minimum absolute atomic E-state index is 0. The first-order chi connectivity index (χ1) is 9.63. The number of piperidine rings is 1. The van der Waals surface area contributed by atoms with Gasteiger partial charge in [-0.05, 0) is 62.2 Å². The zero-order valence-corrected chi connectivity index (χ0v) is 16.2. The third kappa shape index (κ3) is 4.26. The molecule has 3 fully saturated rings. The molecule has 122 valence electrons. The van der Waals surface area contributed by atoms with Crippen LogP contribution in [0, 0.1) is 23.2 Å². The summed E-state index contributed by atoms with van der Waals surface area (Å²) in [7, 11) is 0. The van der Waals surface area contributed by atoms with Gasteiger partial charge in [-0.25, -0.2) is 0 Å². The second-order valence-electron chi connectivity index (χ2n) is 7.66. The summed E-state index contributed by atoms with van der Waals surface area (Å²) in [4.78, 5) is 7.54. The Balaban J connectivity index is 0.00000161. The molecule has 2 aliphatic carbocycles. The number of nitrogens with one attached hydrogen (secondary N) is 1. The van der Waals surface area contributed by atoms with Crippen LogP contribution in [0.1, 0.15) is 52.9 Å². The fraction of sp³-hybridized carbons (Fsp3) is 0.941. The van der Waals surface area contributed by atoms with Crippen molar-refractivity contribution < 1.29 is 0 Å². The van der Waals surface area contributed by atoms with E-state index in [9.17, 15) is 0 Å². The van der Waals surface area contributed by atoms with Crippen molar-refractivity contribution in [1.82, 2.24) is 10.2 Å². The van der Waals surface area contributed by atoms with Gasteiger partial charge in [-0.1, -0.05) is 13.8 Å². The summed E-state index contributed by atoms with van der Waals surface area (Å²) in [5.41, 5.74) is 0.619. The molecule has 21 heavy (non-hydrogen) atoms. The third-order valence-electron chi connectivity index (χ3n) is 5.38. The summed E-state index contributed by atoms with van der Waals surface area (Å²) >= 11 is 0. The normalized spacial score (nSPS) is 31.6. The maximum atomic E-state index is 5.03. The lowest BCUT2D eigenvalue weighted by Crippen LogP contribution is -2.48. The molecule has 0 radical (unpaired) electrons. The molecule has 0 aromatic rings. The van der Waals surface area contributed by atoms with Crippen LogP contribution in [0.2, 0.25) is 0 Å². The quantitative estimate of drug-likeness (QED) is 0.439. The van der Waals surface area contributed by atoms with Crippen molar-refractivity contribution in [2.45, 2.75) is 52.9 Å². The fourth-order valence-electron chi connectivity index (χ4n) is 4.05. The van der Waals surface area contributed by atoms with Gasteiger partial charge in [-0.15, -0.1) is 24.0 Å². The molecular formula is C17H32IN3. The number of hydrogen-bond donors (Lipinski definition) is 1. The first kappa shape index (κ1) is 17.4. The smallest absolute Gasteiger partial charge is 0.193 e. The van der Waals surface area contributed by atoms with Crippen LogP contribution in [0.25, 0.3) is 0 Å². The molecule has 1 aliphatic heterocycles. The zero-order valence-electron chi connectivity index (χ0n) is 13.9. The van der Waals surface area contributed by atoms with Crippen LogP contribution in [-0.2, 0) is 0 Å². The van der Waals surface area contributed by atoms with E-state index in [0.29, 0.717) is 5.41 Å². The van der Waals surface area contributed by atoms with E-state index in [1.165, 1.54) is 51.2 Å². The molecule has 0 bridgehead atoms. The Bertz CT molecular complexity index is 364. The third-order valence-corrected chi connectivity index (χ3v) is 5.38. The number of nitrogens with zero attached hydrogens (tertiary/aromatic N) is 2. The Hall–Kier alpha value is 0. The second kappa shape index (κ2) is 7.05. The zero-order chi connectivity index (χ0) is 14.2. The molecule has 3 aliphatic rings. The van der Waals surface area contributed by atoms with E-state index in [1.54, 1.807) is 0 Å². The van der Waals surface area contributed by atoms with Crippen molar-refractivity contribution >= 4 is 29.9 Å².